The molecule has 1 aliphatic rings. The number of unbranched alkanes of at least 4 members (excludes halogenated alkanes) is 5. The standard InChI is InChI=1S/C33H48O4/c1-3-5-6-7-8-9-25-35-30-19-17-29(18-20-30)33(34)37-32-23-21-31(22-24-32)36-26-10-12-28-15-13-27(11-4-2)14-16-28/h17-24,27-28H,3-16,25-26H2,1-2H3. The molecule has 0 aromatic heterocycles. The van der Waals surface area contributed by atoms with Crippen LogP contribution in [0.25, 0.3) is 0 Å². The van der Waals surface area contributed by atoms with E-state index < -0.39 is 0 Å². The SMILES string of the molecule is CCCCCCCCOc1ccc(C(=O)Oc2ccc(OCCCC3CCC(CCC)CC3)cc2)cc1. The number of carbonyl (C=O) groups excluding carboxylic acids is 1. The molecule has 1 aliphatic carbocycles. The van der Waals surface area contributed by atoms with Gasteiger partial charge in [-0.3, -0.25) is 0 Å². The predicted molar refractivity (Wildman–Crippen MR) is 152 cm³/mol. The molecule has 0 bridgehead atoms. The van der Waals surface area contributed by atoms with E-state index in [0.29, 0.717) is 17.9 Å². The summed E-state index contributed by atoms with van der Waals surface area (Å²) in [4.78, 5) is 12.5. The Hall–Kier alpha value is -2.49. The molecule has 0 heterocycles. The van der Waals surface area contributed by atoms with Crippen molar-refractivity contribution >= 4 is 5.97 Å². The van der Waals surface area contributed by atoms with E-state index in [1.165, 1.54) is 77.0 Å². The zero-order chi connectivity index (χ0) is 26.1. The van der Waals surface area contributed by atoms with Crippen molar-refractivity contribution in [3.8, 4) is 17.2 Å². The van der Waals surface area contributed by atoms with Crippen LogP contribution in [0.1, 0.15) is 114 Å². The van der Waals surface area contributed by atoms with Crippen LogP contribution in [0.5, 0.6) is 17.2 Å². The van der Waals surface area contributed by atoms with Gasteiger partial charge in [0.2, 0.25) is 0 Å². The second-order valence-electron chi connectivity index (χ2n) is 10.7. The van der Waals surface area contributed by atoms with Crippen LogP contribution >= 0.6 is 0 Å². The number of hydrogen-bond donors (Lipinski definition) is 0. The zero-order valence-electron chi connectivity index (χ0n) is 23.2. The summed E-state index contributed by atoms with van der Waals surface area (Å²) in [5.74, 6) is 3.60. The van der Waals surface area contributed by atoms with Crippen molar-refractivity contribution in [2.75, 3.05) is 13.2 Å². The molecule has 1 fully saturated rings. The second-order valence-corrected chi connectivity index (χ2v) is 10.7. The molecular weight excluding hydrogens is 460 g/mol. The van der Waals surface area contributed by atoms with Crippen molar-refractivity contribution < 1.29 is 19.0 Å². The molecule has 4 heteroatoms. The van der Waals surface area contributed by atoms with E-state index >= 15 is 0 Å². The molecule has 4 nitrogen and oxygen atoms in total. The van der Waals surface area contributed by atoms with Gasteiger partial charge in [0.15, 0.2) is 0 Å². The third-order valence-electron chi connectivity index (χ3n) is 7.58. The van der Waals surface area contributed by atoms with Gasteiger partial charge >= 0.3 is 5.97 Å². The number of esters is 1. The van der Waals surface area contributed by atoms with E-state index in [2.05, 4.69) is 13.8 Å². The first-order valence-electron chi connectivity index (χ1n) is 14.9. The number of hydrogen-bond acceptors (Lipinski definition) is 4. The fraction of sp³-hybridized carbons (Fsp3) is 0.606. The minimum absolute atomic E-state index is 0.371. The minimum atomic E-state index is -0.371. The smallest absolute Gasteiger partial charge is 0.343 e. The number of ether oxygens (including phenoxy) is 3. The van der Waals surface area contributed by atoms with Crippen LogP contribution in [0.3, 0.4) is 0 Å². The highest BCUT2D eigenvalue weighted by molar-refractivity contribution is 5.91. The first-order valence-corrected chi connectivity index (χ1v) is 14.9. The molecule has 1 saturated carbocycles. The maximum atomic E-state index is 12.5. The van der Waals surface area contributed by atoms with Gasteiger partial charge < -0.3 is 14.2 Å². The maximum absolute atomic E-state index is 12.5. The Morgan fingerprint density at radius 2 is 1.14 bits per heavy atom. The van der Waals surface area contributed by atoms with Gasteiger partial charge in [0.05, 0.1) is 18.8 Å². The van der Waals surface area contributed by atoms with E-state index in [1.807, 2.05) is 24.3 Å². The monoisotopic (exact) mass is 508 g/mol. The average molecular weight is 509 g/mol. The summed E-state index contributed by atoms with van der Waals surface area (Å²) in [5, 5.41) is 0. The molecule has 0 aliphatic heterocycles. The summed E-state index contributed by atoms with van der Waals surface area (Å²) in [6.45, 7) is 5.98. The van der Waals surface area contributed by atoms with E-state index in [4.69, 9.17) is 14.2 Å². The molecule has 2 aromatic carbocycles. The Kier molecular flexibility index (Phi) is 13.4. The largest absolute Gasteiger partial charge is 0.494 e. The lowest BCUT2D eigenvalue weighted by molar-refractivity contribution is 0.0734. The first-order chi connectivity index (χ1) is 18.2. The van der Waals surface area contributed by atoms with Crippen molar-refractivity contribution in [2.24, 2.45) is 11.8 Å². The highest BCUT2D eigenvalue weighted by atomic mass is 16.5. The van der Waals surface area contributed by atoms with Crippen molar-refractivity contribution in [1.82, 2.24) is 0 Å². The topological polar surface area (TPSA) is 44.8 Å². The van der Waals surface area contributed by atoms with Gasteiger partial charge in [0, 0.05) is 0 Å². The van der Waals surface area contributed by atoms with Gasteiger partial charge in [-0.1, -0.05) is 84.5 Å². The molecule has 2 aromatic rings. The molecule has 0 amide bonds. The zero-order valence-corrected chi connectivity index (χ0v) is 23.2. The normalized spacial score (nSPS) is 17.4. The lowest BCUT2D eigenvalue weighted by Gasteiger charge is -2.28. The molecule has 0 unspecified atom stereocenters. The van der Waals surface area contributed by atoms with Gasteiger partial charge in [-0.05, 0) is 79.6 Å². The van der Waals surface area contributed by atoms with Crippen LogP contribution in [0.2, 0.25) is 0 Å². The van der Waals surface area contributed by atoms with Crippen LogP contribution in [-0.2, 0) is 0 Å². The quantitative estimate of drug-likeness (QED) is 0.121. The van der Waals surface area contributed by atoms with Crippen molar-refractivity contribution in [1.29, 1.82) is 0 Å². The van der Waals surface area contributed by atoms with Crippen LogP contribution < -0.4 is 14.2 Å². The van der Waals surface area contributed by atoms with E-state index in [-0.39, 0.29) is 5.97 Å². The Morgan fingerprint density at radius 1 is 0.622 bits per heavy atom. The van der Waals surface area contributed by atoms with Gasteiger partial charge in [-0.25, -0.2) is 4.79 Å². The molecule has 37 heavy (non-hydrogen) atoms. The third kappa shape index (κ3) is 11.2. The van der Waals surface area contributed by atoms with Gasteiger partial charge in [0.25, 0.3) is 0 Å². The lowest BCUT2D eigenvalue weighted by atomic mass is 9.78. The molecule has 0 saturated heterocycles. The first kappa shape index (κ1) is 29.1. The van der Waals surface area contributed by atoms with Crippen molar-refractivity contribution in [3.05, 3.63) is 54.1 Å². The van der Waals surface area contributed by atoms with Crippen LogP contribution in [-0.4, -0.2) is 19.2 Å². The predicted octanol–water partition coefficient (Wildman–Crippen LogP) is 9.41. The molecule has 0 atom stereocenters. The number of carbonyl (C=O) groups is 1. The molecule has 204 valence electrons. The molecule has 0 radical (unpaired) electrons. The number of rotatable bonds is 17. The van der Waals surface area contributed by atoms with E-state index in [0.717, 1.165) is 42.8 Å². The molecule has 0 N–H and O–H groups in total. The van der Waals surface area contributed by atoms with Gasteiger partial charge in [0.1, 0.15) is 17.2 Å². The second kappa shape index (κ2) is 17.1. The van der Waals surface area contributed by atoms with Crippen molar-refractivity contribution in [2.45, 2.75) is 104 Å². The lowest BCUT2D eigenvalue weighted by Crippen LogP contribution is -2.15. The third-order valence-corrected chi connectivity index (χ3v) is 7.58. The summed E-state index contributed by atoms with van der Waals surface area (Å²) in [7, 11) is 0. The van der Waals surface area contributed by atoms with E-state index in [9.17, 15) is 4.79 Å². The molecule has 3 rings (SSSR count). The average Bonchev–Trinajstić information content (AvgIpc) is 2.93. The van der Waals surface area contributed by atoms with Crippen LogP contribution in [0.15, 0.2) is 48.5 Å². The Balaban J connectivity index is 1.30. The maximum Gasteiger partial charge on any atom is 0.343 e. The summed E-state index contributed by atoms with van der Waals surface area (Å²) in [6, 6.07) is 14.5. The van der Waals surface area contributed by atoms with Crippen LogP contribution in [0, 0.1) is 11.8 Å². The van der Waals surface area contributed by atoms with Crippen LogP contribution in [0.4, 0.5) is 0 Å². The Bertz CT molecular complexity index is 866. The highest BCUT2D eigenvalue weighted by Gasteiger charge is 2.20. The van der Waals surface area contributed by atoms with Gasteiger partial charge in [-0.2, -0.15) is 0 Å². The summed E-state index contributed by atoms with van der Waals surface area (Å²) in [5.41, 5.74) is 0.510. The summed E-state index contributed by atoms with van der Waals surface area (Å²) < 4.78 is 17.3. The summed E-state index contributed by atoms with van der Waals surface area (Å²) in [6.07, 6.45) is 18.1. The molecular formula is C33H48O4. The summed E-state index contributed by atoms with van der Waals surface area (Å²) >= 11 is 0. The van der Waals surface area contributed by atoms with E-state index in [1.54, 1.807) is 24.3 Å². The van der Waals surface area contributed by atoms with Crippen molar-refractivity contribution in [3.63, 3.8) is 0 Å². The highest BCUT2D eigenvalue weighted by Crippen LogP contribution is 2.33. The van der Waals surface area contributed by atoms with Gasteiger partial charge in [-0.15, -0.1) is 0 Å². The molecule has 0 spiro atoms. The Morgan fingerprint density at radius 3 is 1.76 bits per heavy atom. The fourth-order valence-corrected chi connectivity index (χ4v) is 5.31. The Labute approximate surface area is 225 Å². The fourth-order valence-electron chi connectivity index (χ4n) is 5.31. The number of benzene rings is 2. The minimum Gasteiger partial charge on any atom is -0.494 e.